The van der Waals surface area contributed by atoms with Gasteiger partial charge in [0.2, 0.25) is 11.8 Å². The molecule has 4 heterocycles. The van der Waals surface area contributed by atoms with Crippen LogP contribution < -0.4 is 16.4 Å². The minimum Gasteiger partial charge on any atom is -0.386 e. The fraction of sp³-hybridized carbons (Fsp3) is 0.659. The number of anilines is 1. The van der Waals surface area contributed by atoms with Gasteiger partial charge in [-0.2, -0.15) is 4.31 Å². The van der Waals surface area contributed by atoms with E-state index in [9.17, 15) is 57.9 Å². The number of phosphoric acid groups is 3. The molecule has 29 heteroatoms. The van der Waals surface area contributed by atoms with E-state index in [0.29, 0.717) is 30.8 Å². The van der Waals surface area contributed by atoms with E-state index in [0.717, 1.165) is 61.1 Å². The number of aliphatic hydroxyl groups is 2. The van der Waals surface area contributed by atoms with Crippen molar-refractivity contribution in [3.8, 4) is 0 Å². The molecule has 4 unspecified atom stereocenters. The number of ether oxygens (including phenoxy) is 2. The highest BCUT2D eigenvalue weighted by Crippen LogP contribution is 2.61. The quantitative estimate of drug-likeness (QED) is 0.0211. The van der Waals surface area contributed by atoms with Crippen molar-refractivity contribution >= 4 is 69.1 Å². The number of fused-ring (bicyclic) bond motifs is 1. The molecule has 0 radical (unpaired) electrons. The Labute approximate surface area is 409 Å². The first-order valence-electron chi connectivity index (χ1n) is 22.7. The number of rotatable bonds is 33. The first-order valence-corrected chi connectivity index (χ1v) is 28.2. The van der Waals surface area contributed by atoms with Gasteiger partial charge in [-0.3, -0.25) is 32.5 Å². The van der Waals surface area contributed by atoms with Crippen LogP contribution in [-0.2, 0) is 55.4 Å². The van der Waals surface area contributed by atoms with Crippen LogP contribution in [0.4, 0.5) is 5.82 Å². The van der Waals surface area contributed by atoms with E-state index in [1.165, 1.54) is 33.1 Å². The summed E-state index contributed by atoms with van der Waals surface area (Å²) < 4.78 is 68.2. The summed E-state index contributed by atoms with van der Waals surface area (Å²) in [4.78, 5) is 88.4. The van der Waals surface area contributed by atoms with Crippen molar-refractivity contribution in [1.82, 2.24) is 30.2 Å². The molecule has 0 aliphatic carbocycles. The van der Waals surface area contributed by atoms with Crippen molar-refractivity contribution in [1.29, 1.82) is 0 Å². The Balaban J connectivity index is 1.07. The molecule has 0 spiro atoms. The number of nitrogen functional groups attached to an aromatic ring is 1. The molecule has 2 aromatic heterocycles. The smallest absolute Gasteiger partial charge is 0.386 e. The van der Waals surface area contributed by atoms with Gasteiger partial charge in [0.25, 0.3) is 0 Å². The van der Waals surface area contributed by atoms with Crippen molar-refractivity contribution in [2.75, 3.05) is 37.8 Å². The maximum absolute atomic E-state index is 12.7. The number of aliphatic hydroxyl groups excluding tert-OH is 2. The van der Waals surface area contributed by atoms with Crippen LogP contribution in [0.15, 0.2) is 49.1 Å². The molecule has 70 heavy (non-hydrogen) atoms. The summed E-state index contributed by atoms with van der Waals surface area (Å²) in [7, 11) is -16.4. The van der Waals surface area contributed by atoms with Gasteiger partial charge in [-0.15, -0.1) is 0 Å². The average Bonchev–Trinajstić information content (AvgIpc) is 3.77. The Morgan fingerprint density at radius 3 is 2.27 bits per heavy atom. The van der Waals surface area contributed by atoms with E-state index in [-0.39, 0.29) is 41.6 Å². The normalized spacial score (nSPS) is 23.0. The molecule has 2 aromatic rings. The molecule has 2 aliphatic heterocycles. The topological polar surface area (TPSA) is 376 Å². The number of amides is 2. The van der Waals surface area contributed by atoms with E-state index in [1.807, 2.05) is 0 Å². The number of unbranched alkanes of at least 4 members (excludes halogenated alkanes) is 4. The molecule has 394 valence electrons. The fourth-order valence-corrected chi connectivity index (χ4v) is 10.4. The summed E-state index contributed by atoms with van der Waals surface area (Å²) >= 11 is 1.11. The predicted octanol–water partition coefficient (Wildman–Crippen LogP) is 4.02. The Kier molecular flexibility index (Phi) is 23.9. The zero-order valence-electron chi connectivity index (χ0n) is 39.2. The monoisotopic (exact) mass is 1070 g/mol. The SMILES string of the molecule is CCCCC/C=C\CC1OC1C/C=C\C/C=C\CCCC(=O)SCCNC(=O)CCNC(=O)[C@H](O)C(C)(C)COP(=O)(O)OP(=O)(O)OC[C@H]1O[C@@H](n2cnc3c(N)ncnc32)[C@H](O)[C@@H]1OP(=O)(O)O. The maximum atomic E-state index is 12.7. The van der Waals surface area contributed by atoms with Crippen LogP contribution in [0.25, 0.3) is 11.2 Å². The number of epoxide rings is 1. The van der Waals surface area contributed by atoms with Crippen LogP contribution in [0.1, 0.15) is 97.6 Å². The lowest BCUT2D eigenvalue weighted by Gasteiger charge is -2.30. The van der Waals surface area contributed by atoms with Crippen LogP contribution in [0.2, 0.25) is 0 Å². The Morgan fingerprint density at radius 1 is 0.886 bits per heavy atom. The van der Waals surface area contributed by atoms with Gasteiger partial charge in [-0.25, -0.2) is 28.6 Å². The van der Waals surface area contributed by atoms with Crippen LogP contribution in [-0.4, -0.2) is 135 Å². The summed E-state index contributed by atoms with van der Waals surface area (Å²) in [5.74, 6) is -1.09. The number of carbonyl (C=O) groups excluding carboxylic acids is 3. The predicted molar refractivity (Wildman–Crippen MR) is 255 cm³/mol. The first kappa shape index (κ1) is 59.3. The molecule has 9 atom stereocenters. The van der Waals surface area contributed by atoms with Gasteiger partial charge in [0.05, 0.1) is 31.7 Å². The summed E-state index contributed by atoms with van der Waals surface area (Å²) in [6.45, 7) is 2.71. The number of thioether (sulfide) groups is 1. The third kappa shape index (κ3) is 20.7. The van der Waals surface area contributed by atoms with Crippen molar-refractivity contribution in [3.63, 3.8) is 0 Å². The molecule has 0 saturated carbocycles. The molecular formula is C41H66N7O18P3S. The van der Waals surface area contributed by atoms with E-state index in [2.05, 4.69) is 77.8 Å². The molecule has 2 saturated heterocycles. The lowest BCUT2D eigenvalue weighted by Crippen LogP contribution is -2.46. The second kappa shape index (κ2) is 28.3. The number of aromatic nitrogens is 4. The Bertz CT molecular complexity index is 2260. The highest BCUT2D eigenvalue weighted by atomic mass is 32.2. The van der Waals surface area contributed by atoms with Crippen molar-refractivity contribution < 1.29 is 85.2 Å². The van der Waals surface area contributed by atoms with Gasteiger partial charge in [0.1, 0.15) is 36.3 Å². The first-order chi connectivity index (χ1) is 33.0. The second-order valence-electron chi connectivity index (χ2n) is 17.0. The zero-order chi connectivity index (χ0) is 51.5. The summed E-state index contributed by atoms with van der Waals surface area (Å²) in [6.07, 6.45) is 16.1. The van der Waals surface area contributed by atoms with Gasteiger partial charge in [-0.05, 0) is 44.9 Å². The summed E-state index contributed by atoms with van der Waals surface area (Å²) in [5, 5.41) is 26.6. The zero-order valence-corrected chi connectivity index (χ0v) is 42.7. The van der Waals surface area contributed by atoms with Gasteiger partial charge in [0.15, 0.2) is 22.8 Å². The van der Waals surface area contributed by atoms with Crippen LogP contribution in [0, 0.1) is 5.41 Å². The molecule has 2 fully saturated rings. The fourth-order valence-electron chi connectivity index (χ4n) is 6.80. The van der Waals surface area contributed by atoms with Crippen molar-refractivity contribution in [3.05, 3.63) is 49.1 Å². The number of allylic oxidation sites excluding steroid dienone is 4. The van der Waals surface area contributed by atoms with E-state index >= 15 is 0 Å². The number of carbonyl (C=O) groups is 3. The van der Waals surface area contributed by atoms with E-state index in [4.69, 9.17) is 24.3 Å². The number of nitrogens with one attached hydrogen (secondary N) is 2. The van der Waals surface area contributed by atoms with E-state index in [1.54, 1.807) is 0 Å². The number of imidazole rings is 1. The highest BCUT2D eigenvalue weighted by molar-refractivity contribution is 8.13. The molecule has 0 aromatic carbocycles. The van der Waals surface area contributed by atoms with Gasteiger partial charge in [-0.1, -0.05) is 81.8 Å². The molecule has 10 N–H and O–H groups in total. The number of hydrogen-bond donors (Lipinski definition) is 9. The Hall–Kier alpha value is -3.26. The standard InChI is InChI=1S/C41H66N7O18P3S/c1-4-5-6-7-11-14-17-28-29(63-28)18-15-12-9-8-10-13-16-19-32(50)70-23-22-43-31(49)20-21-44-39(53)36(52)41(2,3)25-62-69(59,60)66-68(57,58)61-24-30-35(65-67(54,55)56)34(51)40(64-30)48-27-47-33-37(42)45-26-46-38(33)48/h8,10-12,14-15,26-30,34-36,40,51-52H,4-7,9,13,16-25H2,1-3H3,(H,43,49)(H,44,53)(H,57,58)(H,59,60)(H2,42,45,46)(H2,54,55,56)/b10-8-,14-11-,15-12-/t28?,29?,30-,34-,35-,36+,40-/m1/s1. The average molecular weight is 1070 g/mol. The molecule has 4 rings (SSSR count). The van der Waals surface area contributed by atoms with Crippen LogP contribution in [0.5, 0.6) is 0 Å². The number of nitrogens with zero attached hydrogens (tertiary/aromatic N) is 4. The van der Waals surface area contributed by atoms with Gasteiger partial charge < -0.3 is 55.6 Å². The minimum absolute atomic E-state index is 0.00858. The van der Waals surface area contributed by atoms with Crippen LogP contribution >= 0.6 is 35.2 Å². The summed E-state index contributed by atoms with van der Waals surface area (Å²) in [5.41, 5.74) is 4.27. The molecule has 0 bridgehead atoms. The maximum Gasteiger partial charge on any atom is 0.481 e. The van der Waals surface area contributed by atoms with Gasteiger partial charge >= 0.3 is 23.5 Å². The largest absolute Gasteiger partial charge is 0.481 e. The lowest BCUT2D eigenvalue weighted by molar-refractivity contribution is -0.137. The Morgan fingerprint density at radius 2 is 1.56 bits per heavy atom. The lowest BCUT2D eigenvalue weighted by atomic mass is 9.87. The second-order valence-corrected chi connectivity index (χ2v) is 22.4. The third-order valence-corrected chi connectivity index (χ3v) is 14.7. The molecule has 2 aliphatic rings. The third-order valence-electron chi connectivity index (χ3n) is 10.7. The number of hydrogen-bond acceptors (Lipinski definition) is 19. The molecule has 25 nitrogen and oxygen atoms in total. The van der Waals surface area contributed by atoms with E-state index < -0.39 is 84.6 Å². The summed E-state index contributed by atoms with van der Waals surface area (Å²) in [6, 6.07) is 0. The number of phosphoric ester groups is 3. The molecule has 2 amide bonds. The van der Waals surface area contributed by atoms with Crippen LogP contribution in [0.3, 0.4) is 0 Å². The minimum atomic E-state index is -5.58. The van der Waals surface area contributed by atoms with Crippen molar-refractivity contribution in [2.45, 2.75) is 134 Å². The number of nitrogens with two attached hydrogens (primary N) is 1. The van der Waals surface area contributed by atoms with Crippen molar-refractivity contribution in [2.24, 2.45) is 5.41 Å². The molecular weight excluding hydrogens is 1000 g/mol. The highest BCUT2D eigenvalue weighted by Gasteiger charge is 2.50. The van der Waals surface area contributed by atoms with Gasteiger partial charge in [0, 0.05) is 37.1 Å².